The molecule has 10 atom stereocenters. The van der Waals surface area contributed by atoms with Crippen LogP contribution >= 0.6 is 0 Å². The van der Waals surface area contributed by atoms with Gasteiger partial charge in [0.05, 0.1) is 0 Å². The van der Waals surface area contributed by atoms with Gasteiger partial charge in [-0.25, -0.2) is 0 Å². The highest BCUT2D eigenvalue weighted by Gasteiger charge is 2.60. The van der Waals surface area contributed by atoms with E-state index >= 15 is 0 Å². The normalized spacial score (nSPS) is 41.3. The summed E-state index contributed by atoms with van der Waals surface area (Å²) in [7, 11) is 0. The third-order valence-electron chi connectivity index (χ3n) is 11.4. The predicted molar refractivity (Wildman–Crippen MR) is 136 cm³/mol. The molecule has 0 amide bonds. The molecule has 4 aliphatic carbocycles. The fourth-order valence-electron chi connectivity index (χ4n) is 9.50. The summed E-state index contributed by atoms with van der Waals surface area (Å²) in [6.45, 7) is 7.29. The highest BCUT2D eigenvalue weighted by atomic mass is 16.5. The van der Waals surface area contributed by atoms with E-state index in [9.17, 15) is 19.5 Å². The Labute approximate surface area is 215 Å². The standard InChI is InChI=1S/C29H47NO6/c1-17(4-10-25(31)32)21-7-8-22-20-6-5-18-16-19(36-27(35)24(30)9-11-26(33)34)12-14-28(18,2)23(20)13-15-29(21,22)3/h17-24H,4-16,30H2,1-3H3,(H,31,32)(H,33,34)/t17-,18-,19+,20+,21?,22?,23?,24?,28+,29-/m1/s1. The highest BCUT2D eigenvalue weighted by Crippen LogP contribution is 2.68. The van der Waals surface area contributed by atoms with Crippen molar-refractivity contribution in [3.8, 4) is 0 Å². The maximum atomic E-state index is 12.4. The molecule has 204 valence electrons. The number of ether oxygens (including phenoxy) is 1. The van der Waals surface area contributed by atoms with Gasteiger partial charge in [0.15, 0.2) is 0 Å². The molecular formula is C29H47NO6. The van der Waals surface area contributed by atoms with E-state index in [1.165, 1.54) is 38.5 Å². The number of aliphatic carboxylic acids is 2. The Hall–Kier alpha value is -1.63. The third kappa shape index (κ3) is 5.19. The first-order valence-electron chi connectivity index (χ1n) is 14.4. The van der Waals surface area contributed by atoms with Gasteiger partial charge in [0.2, 0.25) is 0 Å². The SMILES string of the molecule is C[C@H](CCC(=O)O)C1CCC2[C@@H]3CC[C@@H]4C[C@@H](OC(=O)C(N)CCC(=O)O)CC[C@]4(C)C3CC[C@@]21C. The smallest absolute Gasteiger partial charge is 0.323 e. The van der Waals surface area contributed by atoms with Crippen LogP contribution in [0.3, 0.4) is 0 Å². The first kappa shape index (κ1) is 27.4. The van der Waals surface area contributed by atoms with Crippen LogP contribution in [-0.2, 0) is 19.1 Å². The summed E-state index contributed by atoms with van der Waals surface area (Å²) in [5.74, 6) is 1.78. The molecule has 4 fully saturated rings. The molecule has 0 saturated heterocycles. The van der Waals surface area contributed by atoms with Crippen molar-refractivity contribution in [2.45, 2.75) is 116 Å². The van der Waals surface area contributed by atoms with Crippen LogP contribution in [0, 0.1) is 46.3 Å². The number of carbonyl (C=O) groups excluding carboxylic acids is 1. The Morgan fingerprint density at radius 3 is 2.22 bits per heavy atom. The largest absolute Gasteiger partial charge is 0.481 e. The number of carbonyl (C=O) groups is 3. The first-order chi connectivity index (χ1) is 17.0. The van der Waals surface area contributed by atoms with Gasteiger partial charge in [-0.15, -0.1) is 0 Å². The van der Waals surface area contributed by atoms with Gasteiger partial charge in [-0.1, -0.05) is 20.8 Å². The van der Waals surface area contributed by atoms with E-state index < -0.39 is 23.9 Å². The van der Waals surface area contributed by atoms with Crippen LogP contribution in [0.2, 0.25) is 0 Å². The van der Waals surface area contributed by atoms with E-state index in [0.717, 1.165) is 43.4 Å². The molecule has 4 rings (SSSR count). The van der Waals surface area contributed by atoms with Gasteiger partial charge in [0, 0.05) is 12.8 Å². The average Bonchev–Trinajstić information content (AvgIpc) is 3.18. The molecule has 4 unspecified atom stereocenters. The number of nitrogens with two attached hydrogens (primary N) is 1. The summed E-state index contributed by atoms with van der Waals surface area (Å²) in [6.07, 6.45) is 11.3. The number of hydrogen-bond donors (Lipinski definition) is 3. The quantitative estimate of drug-likeness (QED) is 0.365. The number of rotatable bonds is 9. The summed E-state index contributed by atoms with van der Waals surface area (Å²) < 4.78 is 5.78. The van der Waals surface area contributed by atoms with E-state index in [-0.39, 0.29) is 30.8 Å². The molecule has 0 aromatic heterocycles. The molecule has 0 heterocycles. The van der Waals surface area contributed by atoms with Crippen LogP contribution in [0.4, 0.5) is 0 Å². The van der Waals surface area contributed by atoms with Crippen molar-refractivity contribution >= 4 is 17.9 Å². The van der Waals surface area contributed by atoms with Crippen LogP contribution < -0.4 is 5.73 Å². The van der Waals surface area contributed by atoms with E-state index in [2.05, 4.69) is 20.8 Å². The van der Waals surface area contributed by atoms with Gasteiger partial charge in [0.1, 0.15) is 12.1 Å². The number of esters is 1. The van der Waals surface area contributed by atoms with Crippen LogP contribution in [0.15, 0.2) is 0 Å². The molecule has 0 aromatic rings. The number of carboxylic acid groups (broad SMARTS) is 2. The zero-order valence-corrected chi connectivity index (χ0v) is 22.4. The van der Waals surface area contributed by atoms with E-state index in [4.69, 9.17) is 15.6 Å². The van der Waals surface area contributed by atoms with Gasteiger partial charge in [-0.3, -0.25) is 14.4 Å². The lowest BCUT2D eigenvalue weighted by molar-refractivity contribution is -0.164. The fourth-order valence-corrected chi connectivity index (χ4v) is 9.50. The highest BCUT2D eigenvalue weighted by molar-refractivity contribution is 5.76. The molecular weight excluding hydrogens is 458 g/mol. The zero-order valence-electron chi connectivity index (χ0n) is 22.4. The number of fused-ring (bicyclic) bond motifs is 5. The average molecular weight is 506 g/mol. The van der Waals surface area contributed by atoms with Crippen molar-refractivity contribution in [3.05, 3.63) is 0 Å². The number of carboxylic acids is 2. The Morgan fingerprint density at radius 2 is 1.53 bits per heavy atom. The van der Waals surface area contributed by atoms with Gasteiger partial charge in [-0.05, 0) is 117 Å². The van der Waals surface area contributed by atoms with Crippen LogP contribution in [0.1, 0.15) is 104 Å². The van der Waals surface area contributed by atoms with Gasteiger partial charge in [0.25, 0.3) is 0 Å². The van der Waals surface area contributed by atoms with Crippen molar-refractivity contribution in [2.75, 3.05) is 0 Å². The molecule has 0 aliphatic heterocycles. The van der Waals surface area contributed by atoms with E-state index in [1.807, 2.05) is 0 Å². The van der Waals surface area contributed by atoms with Crippen molar-refractivity contribution in [1.82, 2.24) is 0 Å². The van der Waals surface area contributed by atoms with Crippen LogP contribution in [0.25, 0.3) is 0 Å². The lowest BCUT2D eigenvalue weighted by Crippen LogP contribution is -2.54. The van der Waals surface area contributed by atoms with E-state index in [1.54, 1.807) is 0 Å². The van der Waals surface area contributed by atoms with Crippen molar-refractivity contribution in [2.24, 2.45) is 52.1 Å². The van der Waals surface area contributed by atoms with Crippen LogP contribution in [-0.4, -0.2) is 40.3 Å². The second kappa shape index (κ2) is 10.6. The van der Waals surface area contributed by atoms with E-state index in [0.29, 0.717) is 23.2 Å². The number of hydrogen-bond acceptors (Lipinski definition) is 5. The summed E-state index contributed by atoms with van der Waals surface area (Å²) >= 11 is 0. The molecule has 4 aliphatic rings. The summed E-state index contributed by atoms with van der Waals surface area (Å²) in [5.41, 5.74) is 6.51. The van der Waals surface area contributed by atoms with Crippen LogP contribution in [0.5, 0.6) is 0 Å². The van der Waals surface area contributed by atoms with Gasteiger partial charge in [-0.2, -0.15) is 0 Å². The molecule has 7 nitrogen and oxygen atoms in total. The molecule has 4 N–H and O–H groups in total. The minimum absolute atomic E-state index is 0.109. The zero-order chi connectivity index (χ0) is 26.3. The Balaban J connectivity index is 1.37. The topological polar surface area (TPSA) is 127 Å². The summed E-state index contributed by atoms with van der Waals surface area (Å²) in [4.78, 5) is 34.4. The molecule has 0 bridgehead atoms. The summed E-state index contributed by atoms with van der Waals surface area (Å²) in [6, 6.07) is -0.866. The molecule has 0 spiro atoms. The minimum atomic E-state index is -0.949. The Bertz CT molecular complexity index is 846. The maximum Gasteiger partial charge on any atom is 0.323 e. The minimum Gasteiger partial charge on any atom is -0.481 e. The monoisotopic (exact) mass is 505 g/mol. The third-order valence-corrected chi connectivity index (χ3v) is 11.4. The Morgan fingerprint density at radius 1 is 0.889 bits per heavy atom. The second-order valence-electron chi connectivity index (χ2n) is 13.2. The molecule has 7 heteroatoms. The molecule has 4 saturated carbocycles. The molecule has 36 heavy (non-hydrogen) atoms. The van der Waals surface area contributed by atoms with Crippen molar-refractivity contribution in [3.63, 3.8) is 0 Å². The van der Waals surface area contributed by atoms with Gasteiger partial charge >= 0.3 is 17.9 Å². The lowest BCUT2D eigenvalue weighted by atomic mass is 9.44. The predicted octanol–water partition coefficient (Wildman–Crippen LogP) is 5.25. The van der Waals surface area contributed by atoms with Crippen molar-refractivity contribution < 1.29 is 29.3 Å². The van der Waals surface area contributed by atoms with Crippen molar-refractivity contribution in [1.29, 1.82) is 0 Å². The molecule has 0 aromatic carbocycles. The Kier molecular flexibility index (Phi) is 8.09. The lowest BCUT2D eigenvalue weighted by Gasteiger charge is -2.61. The first-order valence-corrected chi connectivity index (χ1v) is 14.4. The molecule has 0 radical (unpaired) electrons. The fraction of sp³-hybridized carbons (Fsp3) is 0.897. The maximum absolute atomic E-state index is 12.4. The second-order valence-corrected chi connectivity index (χ2v) is 13.2. The van der Waals surface area contributed by atoms with Gasteiger partial charge < -0.3 is 20.7 Å². The summed E-state index contributed by atoms with van der Waals surface area (Å²) in [5, 5.41) is 18.0.